The average molecular weight is 529 g/mol. The van der Waals surface area contributed by atoms with Gasteiger partial charge in [-0.3, -0.25) is 9.32 Å². The maximum Gasteiger partial charge on any atom is 1.00 e. The number of nitrogens with one attached hydrogen (secondary N) is 2. The van der Waals surface area contributed by atoms with E-state index >= 15 is 0 Å². The predicted octanol–water partition coefficient (Wildman–Crippen LogP) is 0.521. The van der Waals surface area contributed by atoms with E-state index in [2.05, 4.69) is 30.1 Å². The van der Waals surface area contributed by atoms with Crippen molar-refractivity contribution >= 4 is 42.1 Å². The number of nitrogens with zero attached hydrogens (tertiary/aromatic N) is 3. The van der Waals surface area contributed by atoms with E-state index in [-0.39, 0.29) is 35.3 Å². The van der Waals surface area contributed by atoms with Gasteiger partial charge in [-0.2, -0.15) is 4.98 Å². The topological polar surface area (TPSA) is 170 Å². The first kappa shape index (κ1) is 29.5. The summed E-state index contributed by atoms with van der Waals surface area (Å²) in [5.41, 5.74) is 3.42. The van der Waals surface area contributed by atoms with Crippen molar-refractivity contribution in [1.82, 2.24) is 15.0 Å². The molecule has 2 heterocycles. The number of halogens is 1. The van der Waals surface area contributed by atoms with E-state index in [1.165, 1.54) is 13.2 Å². The van der Waals surface area contributed by atoms with Crippen LogP contribution in [0.15, 0.2) is 45.7 Å². The molecule has 0 bridgehead atoms. The molecule has 186 valence electrons. The molecule has 0 aliphatic heterocycles. The Hall–Kier alpha value is -2.77. The molecule has 0 radical (unpaired) electrons. The number of anilines is 4. The molecular weight excluding hydrogens is 507 g/mol. The summed E-state index contributed by atoms with van der Waals surface area (Å²) in [6.45, 7) is 3.51. The van der Waals surface area contributed by atoms with Crippen LogP contribution in [0.1, 0.15) is 11.1 Å². The quantitative estimate of drug-likeness (QED) is 0.202. The Morgan fingerprint density at radius 1 is 1.08 bits per heavy atom. The fourth-order valence-corrected chi connectivity index (χ4v) is 2.84. The minimum absolute atomic E-state index is 0. The largest absolute Gasteiger partial charge is 1.00 e. The molecular formula is C21H22FN5NaO7P. The average Bonchev–Trinajstić information content (AvgIpc) is 3.17. The molecule has 0 atom stereocenters. The van der Waals surface area contributed by atoms with E-state index in [1.807, 2.05) is 6.92 Å². The Labute approximate surface area is 226 Å². The van der Waals surface area contributed by atoms with Crippen molar-refractivity contribution < 1.29 is 62.0 Å². The van der Waals surface area contributed by atoms with E-state index < -0.39 is 19.4 Å². The first-order valence-corrected chi connectivity index (χ1v) is 11.4. The van der Waals surface area contributed by atoms with Crippen molar-refractivity contribution in [3.05, 3.63) is 64.0 Å². The van der Waals surface area contributed by atoms with Crippen LogP contribution in [-0.2, 0) is 9.09 Å². The van der Waals surface area contributed by atoms with Crippen LogP contribution in [0.2, 0.25) is 0 Å². The molecule has 0 aliphatic carbocycles. The van der Waals surface area contributed by atoms with Gasteiger partial charge in [0.1, 0.15) is 11.4 Å². The number of rotatable bonds is 6. The summed E-state index contributed by atoms with van der Waals surface area (Å²) in [6, 6.07) is 8.30. The number of phosphoric ester groups is 1. The second-order valence-electron chi connectivity index (χ2n) is 7.12. The summed E-state index contributed by atoms with van der Waals surface area (Å²) < 4.78 is 37.1. The standard InChI is InChI=1S/C20H18FN5O3.CH5O4P.Na/c1-10-6-13(8-16(28-3)17(10)21)24-19-22-9-11(2)18(26-19)23-12-4-5-15-14(7-12)25-20(27)29-15;1-5-6(2,3)4;/h4-9H,1-3H3,(H3,22,23,24,25,26,27);1H3,(H2,2,3,4);/q;;+1/p-1. The number of aryl methyl sites for hydroxylation is 2. The Morgan fingerprint density at radius 3 is 2.42 bits per heavy atom. The molecule has 2 aromatic heterocycles. The van der Waals surface area contributed by atoms with Gasteiger partial charge in [0.15, 0.2) is 11.6 Å². The first-order chi connectivity index (χ1) is 16.5. The zero-order chi connectivity index (χ0) is 25.8. The van der Waals surface area contributed by atoms with Crippen LogP contribution in [0.25, 0.3) is 11.1 Å². The number of phosphoric acid groups is 1. The minimum Gasteiger partial charge on any atom is -0.587 e. The SMILES string of the molecule is COP(=O)(O)O.COc1cc(Nc2ncc(C)c(Nc3ccc4oc(=O)[n-]c4c3)n2)cc(C)c1F.[Na+]. The molecule has 0 amide bonds. The van der Waals surface area contributed by atoms with Gasteiger partial charge in [0.05, 0.1) is 7.11 Å². The van der Waals surface area contributed by atoms with Crippen molar-refractivity contribution in [2.75, 3.05) is 24.9 Å². The van der Waals surface area contributed by atoms with Crippen LogP contribution in [0.4, 0.5) is 27.5 Å². The molecule has 0 aliphatic rings. The number of hydrogen-bond donors (Lipinski definition) is 4. The molecule has 36 heavy (non-hydrogen) atoms. The molecule has 15 heteroatoms. The van der Waals surface area contributed by atoms with Crippen LogP contribution < -0.4 is 55.7 Å². The number of benzene rings is 2. The summed E-state index contributed by atoms with van der Waals surface area (Å²) in [5, 5.41) is 6.24. The van der Waals surface area contributed by atoms with E-state index in [9.17, 15) is 13.8 Å². The Morgan fingerprint density at radius 2 is 1.78 bits per heavy atom. The van der Waals surface area contributed by atoms with Gasteiger partial charge in [-0.15, -0.1) is 0 Å². The number of aromatic nitrogens is 3. The molecule has 4 aromatic rings. The third kappa shape index (κ3) is 7.87. The maximum absolute atomic E-state index is 14.0. The molecule has 0 spiro atoms. The van der Waals surface area contributed by atoms with Gasteiger partial charge >= 0.3 is 37.4 Å². The Kier molecular flexibility index (Phi) is 10.2. The van der Waals surface area contributed by atoms with Gasteiger partial charge < -0.3 is 34.6 Å². The van der Waals surface area contributed by atoms with Gasteiger partial charge in [0.2, 0.25) is 11.7 Å². The van der Waals surface area contributed by atoms with E-state index in [0.29, 0.717) is 39.8 Å². The van der Waals surface area contributed by atoms with E-state index in [1.54, 1.807) is 37.4 Å². The smallest absolute Gasteiger partial charge is 0.587 e. The molecule has 0 saturated carbocycles. The normalized spacial score (nSPS) is 10.8. The predicted molar refractivity (Wildman–Crippen MR) is 126 cm³/mol. The third-order valence-electron chi connectivity index (χ3n) is 4.54. The third-order valence-corrected chi connectivity index (χ3v) is 5.01. The maximum atomic E-state index is 14.0. The molecule has 12 nitrogen and oxygen atoms in total. The fourth-order valence-electron chi connectivity index (χ4n) is 2.84. The number of hydrogen-bond acceptors (Lipinski definition) is 9. The van der Waals surface area contributed by atoms with Gasteiger partial charge in [0, 0.05) is 36.3 Å². The Bertz CT molecular complexity index is 1460. The van der Waals surface area contributed by atoms with Crippen LogP contribution in [0.5, 0.6) is 5.75 Å². The van der Waals surface area contributed by atoms with Crippen LogP contribution in [0, 0.1) is 19.7 Å². The molecule has 0 unspecified atom stereocenters. The first-order valence-electron chi connectivity index (χ1n) is 9.89. The number of fused-ring (bicyclic) bond motifs is 1. The molecule has 4 N–H and O–H groups in total. The zero-order valence-corrected chi connectivity index (χ0v) is 23.0. The number of ether oxygens (including phenoxy) is 1. The van der Waals surface area contributed by atoms with Crippen molar-refractivity contribution in [3.63, 3.8) is 0 Å². The van der Waals surface area contributed by atoms with Crippen molar-refractivity contribution in [2.45, 2.75) is 13.8 Å². The second-order valence-corrected chi connectivity index (χ2v) is 8.47. The number of oxazole rings is 1. The zero-order valence-electron chi connectivity index (χ0n) is 20.1. The Balaban J connectivity index is 0.000000584. The fraction of sp³-hybridized carbons (Fsp3) is 0.190. The van der Waals surface area contributed by atoms with Gasteiger partial charge in [-0.25, -0.2) is 13.9 Å². The van der Waals surface area contributed by atoms with Crippen molar-refractivity contribution in [1.29, 1.82) is 0 Å². The monoisotopic (exact) mass is 529 g/mol. The van der Waals surface area contributed by atoms with Crippen molar-refractivity contribution in [3.8, 4) is 5.75 Å². The summed E-state index contributed by atoms with van der Waals surface area (Å²) in [4.78, 5) is 39.2. The summed E-state index contributed by atoms with van der Waals surface area (Å²) in [6.07, 6.45) is 1.66. The van der Waals surface area contributed by atoms with E-state index in [4.69, 9.17) is 18.9 Å². The van der Waals surface area contributed by atoms with Crippen LogP contribution >= 0.6 is 7.82 Å². The number of methoxy groups -OCH3 is 1. The van der Waals surface area contributed by atoms with E-state index in [0.717, 1.165) is 12.7 Å². The summed E-state index contributed by atoms with van der Waals surface area (Å²) in [5.74, 6) is -0.00721. The molecule has 0 saturated heterocycles. The van der Waals surface area contributed by atoms with Crippen molar-refractivity contribution in [2.24, 2.45) is 0 Å². The van der Waals surface area contributed by atoms with Crippen LogP contribution in [-0.4, -0.2) is 34.0 Å². The summed E-state index contributed by atoms with van der Waals surface area (Å²) in [7, 11) is -1.79. The van der Waals surface area contributed by atoms with Gasteiger partial charge in [-0.1, -0.05) is 5.52 Å². The summed E-state index contributed by atoms with van der Waals surface area (Å²) >= 11 is 0. The minimum atomic E-state index is -4.15. The molecule has 0 fully saturated rings. The van der Waals surface area contributed by atoms with Gasteiger partial charge in [0.25, 0.3) is 0 Å². The molecule has 4 rings (SSSR count). The molecule has 2 aromatic carbocycles. The van der Waals surface area contributed by atoms with Crippen LogP contribution in [0.3, 0.4) is 0 Å². The van der Waals surface area contributed by atoms with Gasteiger partial charge in [-0.05, 0) is 43.7 Å². The second kappa shape index (κ2) is 12.5.